The number of amides is 1. The summed E-state index contributed by atoms with van der Waals surface area (Å²) in [5, 5.41) is 3.57. The van der Waals surface area contributed by atoms with E-state index in [9.17, 15) is 4.79 Å². The molecule has 0 aliphatic rings. The Morgan fingerprint density at radius 1 is 1.44 bits per heavy atom. The number of hydrogen-bond donors (Lipinski definition) is 1. The Hall–Kier alpha value is -0.510. The first-order chi connectivity index (χ1) is 7.54. The first-order valence-corrected chi connectivity index (χ1v) is 6.21. The van der Waals surface area contributed by atoms with Crippen LogP contribution in [0.1, 0.15) is 13.3 Å². The minimum atomic E-state index is -0.208. The van der Waals surface area contributed by atoms with E-state index in [0.717, 1.165) is 6.42 Å². The predicted molar refractivity (Wildman–Crippen MR) is 72.4 cm³/mol. The summed E-state index contributed by atoms with van der Waals surface area (Å²) in [6, 6.07) is 4.93. The van der Waals surface area contributed by atoms with Crippen molar-refractivity contribution in [3.8, 4) is 0 Å². The maximum atomic E-state index is 11.6. The van der Waals surface area contributed by atoms with E-state index in [-0.39, 0.29) is 5.91 Å². The molecular weight excluding hydrogens is 313 g/mol. The molecule has 0 fully saturated rings. The Bertz CT molecular complexity index is 432. The number of anilines is 1. The highest BCUT2D eigenvalue weighted by Crippen LogP contribution is 2.25. The Balaban J connectivity index is 2.77. The van der Waals surface area contributed by atoms with Crippen LogP contribution >= 0.6 is 39.1 Å². The van der Waals surface area contributed by atoms with Crippen LogP contribution in [0, 0.1) is 0 Å². The second kappa shape index (κ2) is 6.28. The van der Waals surface area contributed by atoms with Crippen molar-refractivity contribution in [3.05, 3.63) is 38.8 Å². The van der Waals surface area contributed by atoms with Crippen molar-refractivity contribution in [2.45, 2.75) is 13.3 Å². The third kappa shape index (κ3) is 3.81. The van der Waals surface area contributed by atoms with Gasteiger partial charge in [-0.05, 0) is 40.5 Å². The summed E-state index contributed by atoms with van der Waals surface area (Å²) in [7, 11) is 0. The number of halogens is 3. The van der Waals surface area contributed by atoms with Crippen molar-refractivity contribution < 1.29 is 4.79 Å². The monoisotopic (exact) mass is 321 g/mol. The molecule has 0 aliphatic carbocycles. The van der Waals surface area contributed by atoms with Gasteiger partial charge in [-0.3, -0.25) is 4.79 Å². The molecule has 0 saturated carbocycles. The van der Waals surface area contributed by atoms with Crippen LogP contribution < -0.4 is 5.32 Å². The summed E-state index contributed by atoms with van der Waals surface area (Å²) in [6.45, 7) is 1.95. The van der Waals surface area contributed by atoms with E-state index in [1.165, 1.54) is 0 Å². The minimum absolute atomic E-state index is 0.208. The van der Waals surface area contributed by atoms with E-state index < -0.39 is 0 Å². The molecule has 0 spiro atoms. The molecule has 0 aromatic heterocycles. The number of rotatable bonds is 3. The molecule has 0 aliphatic heterocycles. The third-order valence-corrected chi connectivity index (χ3v) is 3.20. The van der Waals surface area contributed by atoms with Crippen LogP contribution in [0.5, 0.6) is 0 Å². The molecule has 1 N–H and O–H groups in total. The summed E-state index contributed by atoms with van der Waals surface area (Å²) in [5.41, 5.74) is 0.612. The smallest absolute Gasteiger partial charge is 0.262 e. The van der Waals surface area contributed by atoms with E-state index in [4.69, 9.17) is 23.2 Å². The SMILES string of the molecule is CCC=C(Br)C(=O)Nc1ccc(Cl)c(Cl)c1. The minimum Gasteiger partial charge on any atom is -0.321 e. The summed E-state index contributed by atoms with van der Waals surface area (Å²) in [6.07, 6.45) is 2.57. The molecule has 1 aromatic rings. The van der Waals surface area contributed by atoms with Gasteiger partial charge in [-0.2, -0.15) is 0 Å². The molecule has 1 amide bonds. The topological polar surface area (TPSA) is 29.1 Å². The largest absolute Gasteiger partial charge is 0.321 e. The van der Waals surface area contributed by atoms with E-state index in [2.05, 4.69) is 21.2 Å². The van der Waals surface area contributed by atoms with Crippen molar-refractivity contribution >= 4 is 50.7 Å². The second-order valence-electron chi connectivity index (χ2n) is 3.04. The zero-order valence-corrected chi connectivity index (χ0v) is 11.7. The van der Waals surface area contributed by atoms with Crippen molar-refractivity contribution in [3.63, 3.8) is 0 Å². The molecule has 86 valence electrons. The molecule has 0 unspecified atom stereocenters. The third-order valence-electron chi connectivity index (χ3n) is 1.78. The van der Waals surface area contributed by atoms with Crippen LogP contribution in [0.3, 0.4) is 0 Å². The summed E-state index contributed by atoms with van der Waals surface area (Å²) in [4.78, 5) is 11.6. The number of allylic oxidation sites excluding steroid dienone is 1. The number of benzene rings is 1. The number of carbonyl (C=O) groups is 1. The molecule has 0 atom stereocenters. The van der Waals surface area contributed by atoms with Gasteiger partial charge in [-0.25, -0.2) is 0 Å². The average molecular weight is 323 g/mol. The lowest BCUT2D eigenvalue weighted by Crippen LogP contribution is -2.11. The van der Waals surface area contributed by atoms with Gasteiger partial charge < -0.3 is 5.32 Å². The highest BCUT2D eigenvalue weighted by Gasteiger charge is 2.06. The zero-order valence-electron chi connectivity index (χ0n) is 8.56. The lowest BCUT2D eigenvalue weighted by molar-refractivity contribution is -0.112. The maximum Gasteiger partial charge on any atom is 0.262 e. The van der Waals surface area contributed by atoms with Crippen LogP contribution in [-0.4, -0.2) is 5.91 Å². The second-order valence-corrected chi connectivity index (χ2v) is 4.71. The predicted octanol–water partition coefficient (Wildman–Crippen LogP) is 4.62. The molecule has 5 heteroatoms. The lowest BCUT2D eigenvalue weighted by Gasteiger charge is -2.05. The van der Waals surface area contributed by atoms with Crippen LogP contribution in [0.25, 0.3) is 0 Å². The number of nitrogens with one attached hydrogen (secondary N) is 1. The van der Waals surface area contributed by atoms with Gasteiger partial charge in [0.2, 0.25) is 0 Å². The van der Waals surface area contributed by atoms with E-state index in [1.807, 2.05) is 6.92 Å². The van der Waals surface area contributed by atoms with Gasteiger partial charge >= 0.3 is 0 Å². The van der Waals surface area contributed by atoms with Crippen molar-refractivity contribution in [1.82, 2.24) is 0 Å². The van der Waals surface area contributed by atoms with Gasteiger partial charge in [0, 0.05) is 5.69 Å². The molecule has 0 radical (unpaired) electrons. The van der Waals surface area contributed by atoms with Crippen LogP contribution in [0.15, 0.2) is 28.8 Å². The fraction of sp³-hybridized carbons (Fsp3) is 0.182. The van der Waals surface area contributed by atoms with Gasteiger partial charge in [0.15, 0.2) is 0 Å². The van der Waals surface area contributed by atoms with Crippen molar-refractivity contribution in [2.24, 2.45) is 0 Å². The normalized spacial score (nSPS) is 11.4. The Kier molecular flexibility index (Phi) is 5.32. The first kappa shape index (κ1) is 13.6. The van der Waals surface area contributed by atoms with Gasteiger partial charge in [0.1, 0.15) is 0 Å². The quantitative estimate of drug-likeness (QED) is 0.808. The van der Waals surface area contributed by atoms with Crippen LogP contribution in [0.2, 0.25) is 10.0 Å². The molecule has 0 heterocycles. The Morgan fingerprint density at radius 2 is 2.12 bits per heavy atom. The van der Waals surface area contributed by atoms with E-state index >= 15 is 0 Å². The standard InChI is InChI=1S/C11H10BrCl2NO/c1-2-3-8(12)11(16)15-7-4-5-9(13)10(14)6-7/h3-6H,2H2,1H3,(H,15,16). The first-order valence-electron chi connectivity index (χ1n) is 4.66. The Morgan fingerprint density at radius 3 is 2.69 bits per heavy atom. The van der Waals surface area contributed by atoms with Gasteiger partial charge in [0.25, 0.3) is 5.91 Å². The average Bonchev–Trinajstić information content (AvgIpc) is 2.24. The fourth-order valence-corrected chi connectivity index (χ4v) is 1.76. The van der Waals surface area contributed by atoms with Crippen molar-refractivity contribution in [2.75, 3.05) is 5.32 Å². The maximum absolute atomic E-state index is 11.6. The number of carbonyl (C=O) groups excluding carboxylic acids is 1. The van der Waals surface area contributed by atoms with Gasteiger partial charge in [0.05, 0.1) is 14.5 Å². The molecule has 2 nitrogen and oxygen atoms in total. The van der Waals surface area contributed by atoms with Crippen LogP contribution in [0.4, 0.5) is 5.69 Å². The van der Waals surface area contributed by atoms with Crippen LogP contribution in [-0.2, 0) is 4.79 Å². The van der Waals surface area contributed by atoms with E-state index in [0.29, 0.717) is 20.2 Å². The van der Waals surface area contributed by atoms with E-state index in [1.54, 1.807) is 24.3 Å². The molecule has 0 saturated heterocycles. The van der Waals surface area contributed by atoms with Gasteiger partial charge in [-0.15, -0.1) is 0 Å². The summed E-state index contributed by atoms with van der Waals surface area (Å²) >= 11 is 14.8. The fourth-order valence-electron chi connectivity index (χ4n) is 1.04. The van der Waals surface area contributed by atoms with Gasteiger partial charge in [-0.1, -0.05) is 36.2 Å². The molecule has 1 rings (SSSR count). The summed E-state index contributed by atoms with van der Waals surface area (Å²) < 4.78 is 0.501. The molecule has 1 aromatic carbocycles. The molecule has 0 bridgehead atoms. The lowest BCUT2D eigenvalue weighted by atomic mass is 10.3. The Labute approximate surface area is 113 Å². The zero-order chi connectivity index (χ0) is 12.1. The summed E-state index contributed by atoms with van der Waals surface area (Å²) in [5.74, 6) is -0.208. The highest BCUT2D eigenvalue weighted by atomic mass is 79.9. The van der Waals surface area contributed by atoms with Crippen molar-refractivity contribution in [1.29, 1.82) is 0 Å². The molecule has 16 heavy (non-hydrogen) atoms. The number of hydrogen-bond acceptors (Lipinski definition) is 1. The molecular formula is C11H10BrCl2NO. The highest BCUT2D eigenvalue weighted by molar-refractivity contribution is 9.12.